The Morgan fingerprint density at radius 3 is 2.30 bits per heavy atom. The van der Waals surface area contributed by atoms with E-state index in [2.05, 4.69) is 0 Å². The number of hydrogen-bond acceptors (Lipinski definition) is 9. The molecule has 0 saturated carbocycles. The summed E-state index contributed by atoms with van der Waals surface area (Å²) < 4.78 is 5.16. The topological polar surface area (TPSA) is 165 Å². The molecule has 0 aromatic heterocycles. The number of carbonyl (C=O) groups is 2. The Morgan fingerprint density at radius 2 is 1.73 bits per heavy atom. The molecule has 1 aromatic rings. The lowest BCUT2D eigenvalue weighted by Gasteiger charge is -2.35. The Morgan fingerprint density at radius 1 is 1.13 bits per heavy atom. The second-order valence-electron chi connectivity index (χ2n) is 7.97. The number of rotatable bonds is 5. The second kappa shape index (κ2) is 8.09. The van der Waals surface area contributed by atoms with Gasteiger partial charge in [-0.2, -0.15) is 0 Å². The van der Waals surface area contributed by atoms with Gasteiger partial charge in [0.05, 0.1) is 23.3 Å². The van der Waals surface area contributed by atoms with Crippen molar-refractivity contribution in [3.8, 4) is 5.75 Å². The van der Waals surface area contributed by atoms with Gasteiger partial charge in [0.25, 0.3) is 0 Å². The number of benzene rings is 1. The molecule has 2 aliphatic carbocycles. The number of aromatic hydroxyl groups is 1. The van der Waals surface area contributed by atoms with Crippen LogP contribution < -0.4 is 0 Å². The van der Waals surface area contributed by atoms with E-state index in [1.807, 2.05) is 0 Å². The third kappa shape index (κ3) is 3.42. The third-order valence-corrected chi connectivity index (χ3v) is 6.04. The van der Waals surface area contributed by atoms with Crippen LogP contribution in [0.1, 0.15) is 40.9 Å². The van der Waals surface area contributed by atoms with Crippen molar-refractivity contribution >= 4 is 17.3 Å². The van der Waals surface area contributed by atoms with Crippen LogP contribution in [0.3, 0.4) is 0 Å². The average molecular weight is 422 g/mol. The van der Waals surface area contributed by atoms with E-state index in [1.165, 1.54) is 21.0 Å². The summed E-state index contributed by atoms with van der Waals surface area (Å²) in [5, 5.41) is 61.2. The number of phenols is 1. The molecule has 0 spiro atoms. The van der Waals surface area contributed by atoms with Crippen molar-refractivity contribution in [3.63, 3.8) is 0 Å². The quantitative estimate of drug-likeness (QED) is 0.372. The number of ketones is 2. The predicted octanol–water partition coefficient (Wildman–Crippen LogP) is -0.360. The lowest BCUT2D eigenvalue weighted by molar-refractivity contribution is -0.148. The highest BCUT2D eigenvalue weighted by Gasteiger charge is 2.46. The zero-order valence-electron chi connectivity index (χ0n) is 16.9. The highest BCUT2D eigenvalue weighted by atomic mass is 16.5. The van der Waals surface area contributed by atoms with Crippen molar-refractivity contribution in [2.75, 3.05) is 7.11 Å². The van der Waals surface area contributed by atoms with Crippen LogP contribution in [0.25, 0.3) is 5.76 Å². The highest BCUT2D eigenvalue weighted by Crippen LogP contribution is 2.43. The zero-order valence-corrected chi connectivity index (χ0v) is 16.9. The van der Waals surface area contributed by atoms with Gasteiger partial charge in [-0.1, -0.05) is 6.07 Å². The summed E-state index contributed by atoms with van der Waals surface area (Å²) in [6, 6.07) is 1.55. The minimum absolute atomic E-state index is 0.0412. The van der Waals surface area contributed by atoms with Crippen LogP contribution in [0.15, 0.2) is 11.6 Å². The number of methoxy groups -OCH3 is 1. The number of fused-ring (bicyclic) bond motifs is 2. The Labute approximate surface area is 172 Å². The lowest BCUT2D eigenvalue weighted by atomic mass is 9.73. The van der Waals surface area contributed by atoms with Gasteiger partial charge in [0.15, 0.2) is 11.6 Å². The number of aliphatic hydroxyl groups is 5. The Bertz CT molecular complexity index is 918. The molecule has 164 valence electrons. The Hall–Kier alpha value is -2.30. The van der Waals surface area contributed by atoms with Gasteiger partial charge >= 0.3 is 0 Å². The highest BCUT2D eigenvalue weighted by molar-refractivity contribution is 6.06. The molecule has 6 atom stereocenters. The van der Waals surface area contributed by atoms with Gasteiger partial charge in [-0.3, -0.25) is 9.59 Å². The monoisotopic (exact) mass is 422 g/mol. The first-order valence-electron chi connectivity index (χ1n) is 9.62. The van der Waals surface area contributed by atoms with Crippen LogP contribution in [0, 0.1) is 5.92 Å². The fourth-order valence-corrected chi connectivity index (χ4v) is 4.25. The lowest BCUT2D eigenvalue weighted by Crippen LogP contribution is -2.51. The van der Waals surface area contributed by atoms with E-state index < -0.39 is 53.8 Å². The minimum Gasteiger partial charge on any atom is -0.507 e. The molecule has 30 heavy (non-hydrogen) atoms. The molecule has 0 fully saturated rings. The van der Waals surface area contributed by atoms with E-state index >= 15 is 0 Å². The normalized spacial score (nSPS) is 26.6. The number of Topliss-reactive ketones (excluding diaryl/α,β-unsaturated/α-hetero) is 2. The molecule has 0 amide bonds. The first-order chi connectivity index (χ1) is 14.0. The van der Waals surface area contributed by atoms with Crippen LogP contribution in [0.5, 0.6) is 5.75 Å². The fraction of sp³-hybridized carbons (Fsp3) is 0.524. The van der Waals surface area contributed by atoms with Gasteiger partial charge in [0, 0.05) is 19.4 Å². The molecular weight excluding hydrogens is 396 g/mol. The summed E-state index contributed by atoms with van der Waals surface area (Å²) in [5.41, 5.74) is 0.893. The zero-order chi connectivity index (χ0) is 22.5. The first-order valence-corrected chi connectivity index (χ1v) is 9.62. The second-order valence-corrected chi connectivity index (χ2v) is 7.97. The van der Waals surface area contributed by atoms with E-state index in [-0.39, 0.29) is 35.3 Å². The summed E-state index contributed by atoms with van der Waals surface area (Å²) in [5.74, 6) is -3.59. The van der Waals surface area contributed by atoms with Gasteiger partial charge < -0.3 is 35.4 Å². The fourth-order valence-electron chi connectivity index (χ4n) is 4.25. The number of carbonyl (C=O) groups excluding carboxylic acids is 2. The van der Waals surface area contributed by atoms with E-state index in [0.29, 0.717) is 11.1 Å². The van der Waals surface area contributed by atoms with Crippen molar-refractivity contribution in [3.05, 3.63) is 33.9 Å². The van der Waals surface area contributed by atoms with E-state index in [1.54, 1.807) is 6.07 Å². The van der Waals surface area contributed by atoms with Crippen LogP contribution in [0.4, 0.5) is 0 Å². The van der Waals surface area contributed by atoms with Crippen molar-refractivity contribution in [2.24, 2.45) is 5.92 Å². The number of aliphatic hydroxyl groups excluding tert-OH is 5. The standard InChI is InChI=1S/C21H26O9/c1-7-12(23)6-10-4-9-5-11(21(30-3)20(29)16(25)8(2)22)17(26)19(28)14(9)18(27)13(10)15(7)24/h4,8,11-12,16-17,21-27H,5-6H2,1-3H3/t8-,11-,12-,16+,17+,21+/m1/s1. The molecule has 6 N–H and O–H groups in total. The molecule has 0 bridgehead atoms. The molecule has 0 radical (unpaired) electrons. The number of phenolic OH excluding ortho intramolecular Hbond substituents is 1. The summed E-state index contributed by atoms with van der Waals surface area (Å²) in [4.78, 5) is 25.4. The van der Waals surface area contributed by atoms with Gasteiger partial charge in [-0.25, -0.2) is 0 Å². The van der Waals surface area contributed by atoms with E-state index in [4.69, 9.17) is 4.74 Å². The Balaban J connectivity index is 2.07. The van der Waals surface area contributed by atoms with Gasteiger partial charge in [-0.05, 0) is 37.0 Å². The molecule has 0 aliphatic heterocycles. The van der Waals surface area contributed by atoms with Crippen LogP contribution in [-0.2, 0) is 22.4 Å². The van der Waals surface area contributed by atoms with Crippen LogP contribution in [-0.4, -0.2) is 79.8 Å². The largest absolute Gasteiger partial charge is 0.507 e. The maximum Gasteiger partial charge on any atom is 0.195 e. The maximum absolute atomic E-state index is 12.9. The van der Waals surface area contributed by atoms with Crippen molar-refractivity contribution in [2.45, 2.75) is 57.2 Å². The maximum atomic E-state index is 12.9. The molecule has 9 nitrogen and oxygen atoms in total. The summed E-state index contributed by atoms with van der Waals surface area (Å²) in [6.45, 7) is 2.74. The molecule has 2 aliphatic rings. The first kappa shape index (κ1) is 22.4. The minimum atomic E-state index is -1.75. The summed E-state index contributed by atoms with van der Waals surface area (Å²) in [6.07, 6.45) is -7.09. The van der Waals surface area contributed by atoms with Crippen molar-refractivity contribution in [1.82, 2.24) is 0 Å². The van der Waals surface area contributed by atoms with E-state index in [0.717, 1.165) is 0 Å². The average Bonchev–Trinajstić information content (AvgIpc) is 2.69. The van der Waals surface area contributed by atoms with Crippen LogP contribution in [0.2, 0.25) is 0 Å². The van der Waals surface area contributed by atoms with Crippen molar-refractivity contribution in [1.29, 1.82) is 0 Å². The van der Waals surface area contributed by atoms with Crippen molar-refractivity contribution < 1.29 is 45.0 Å². The Kier molecular flexibility index (Phi) is 6.03. The molecule has 0 heterocycles. The number of ether oxygens (including phenoxy) is 1. The smallest absolute Gasteiger partial charge is 0.195 e. The molecule has 3 rings (SSSR count). The van der Waals surface area contributed by atoms with Gasteiger partial charge in [-0.15, -0.1) is 0 Å². The molecular formula is C21H26O9. The predicted molar refractivity (Wildman–Crippen MR) is 104 cm³/mol. The molecule has 1 aromatic carbocycles. The summed E-state index contributed by atoms with van der Waals surface area (Å²) in [7, 11) is 1.19. The van der Waals surface area contributed by atoms with Gasteiger partial charge in [0.1, 0.15) is 29.8 Å². The molecule has 9 heteroatoms. The molecule has 0 unspecified atom stereocenters. The SMILES string of the molecule is CO[C@H](C(=O)[C@@H](O)[C@@H](C)O)[C@@H]1Cc2cc3c(c(O)c2C(=O)[C@H]1O)C(O)=C(C)[C@H](O)C3. The third-order valence-electron chi connectivity index (χ3n) is 6.04. The molecule has 0 saturated heterocycles. The van der Waals surface area contributed by atoms with Gasteiger partial charge in [0.2, 0.25) is 0 Å². The van der Waals surface area contributed by atoms with Crippen LogP contribution >= 0.6 is 0 Å². The summed E-state index contributed by atoms with van der Waals surface area (Å²) >= 11 is 0. The number of hydrogen-bond donors (Lipinski definition) is 6. The van der Waals surface area contributed by atoms with E-state index in [9.17, 15) is 40.2 Å².